The summed E-state index contributed by atoms with van der Waals surface area (Å²) in [5.74, 6) is -2.26. The second-order valence-electron chi connectivity index (χ2n) is 7.04. The van der Waals surface area contributed by atoms with Gasteiger partial charge in [-0.2, -0.15) is 0 Å². The molecule has 0 rings (SSSR count). The van der Waals surface area contributed by atoms with Crippen LogP contribution in [0.25, 0.3) is 0 Å². The van der Waals surface area contributed by atoms with Gasteiger partial charge >= 0.3 is 5.97 Å². The van der Waals surface area contributed by atoms with Crippen molar-refractivity contribution in [2.75, 3.05) is 26.2 Å². The zero-order chi connectivity index (χ0) is 22.8. The van der Waals surface area contributed by atoms with E-state index in [1.165, 1.54) is 0 Å². The molecular formula is C19H36N4O7. The SMILES string of the molecule is NCCCCCN(O)C(=O)CCC(=O)NCCCCCN(O)C(=O)CCCC(=O)O. The number of hydroxylamine groups is 4. The van der Waals surface area contributed by atoms with Crippen LogP contribution in [0, 0.1) is 0 Å². The Labute approximate surface area is 177 Å². The second-order valence-corrected chi connectivity index (χ2v) is 7.04. The molecule has 174 valence electrons. The minimum Gasteiger partial charge on any atom is -0.481 e. The third-order valence-corrected chi connectivity index (χ3v) is 4.37. The Bertz CT molecular complexity index is 531. The van der Waals surface area contributed by atoms with Crippen molar-refractivity contribution in [2.45, 2.75) is 70.6 Å². The molecule has 11 heteroatoms. The van der Waals surface area contributed by atoms with E-state index in [1.54, 1.807) is 0 Å². The number of carbonyl (C=O) groups is 4. The molecule has 3 amide bonds. The van der Waals surface area contributed by atoms with Crippen LogP contribution >= 0.6 is 0 Å². The summed E-state index contributed by atoms with van der Waals surface area (Å²) in [6, 6.07) is 0. The molecule has 0 spiro atoms. The first kappa shape index (κ1) is 27.8. The molecule has 0 aliphatic rings. The van der Waals surface area contributed by atoms with Crippen LogP contribution in [-0.2, 0) is 19.2 Å². The predicted molar refractivity (Wildman–Crippen MR) is 107 cm³/mol. The van der Waals surface area contributed by atoms with Crippen molar-refractivity contribution in [1.29, 1.82) is 0 Å². The van der Waals surface area contributed by atoms with Crippen molar-refractivity contribution in [1.82, 2.24) is 15.4 Å². The van der Waals surface area contributed by atoms with Crippen LogP contribution in [-0.4, -0.2) is 75.5 Å². The number of nitrogens with one attached hydrogen (secondary N) is 1. The van der Waals surface area contributed by atoms with Crippen molar-refractivity contribution in [2.24, 2.45) is 5.73 Å². The van der Waals surface area contributed by atoms with Gasteiger partial charge in [0.05, 0.1) is 0 Å². The molecular weight excluding hydrogens is 396 g/mol. The quantitative estimate of drug-likeness (QED) is 0.120. The van der Waals surface area contributed by atoms with Crippen molar-refractivity contribution in [3.8, 4) is 0 Å². The number of aliphatic carboxylic acids is 1. The summed E-state index contributed by atoms with van der Waals surface area (Å²) >= 11 is 0. The van der Waals surface area contributed by atoms with Crippen LogP contribution in [0.15, 0.2) is 0 Å². The van der Waals surface area contributed by atoms with E-state index in [0.29, 0.717) is 48.9 Å². The fourth-order valence-corrected chi connectivity index (χ4v) is 2.58. The van der Waals surface area contributed by atoms with Crippen molar-refractivity contribution in [3.05, 3.63) is 0 Å². The topological polar surface area (TPSA) is 173 Å². The Hall–Kier alpha value is -2.24. The van der Waals surface area contributed by atoms with E-state index in [-0.39, 0.29) is 51.1 Å². The summed E-state index contributed by atoms with van der Waals surface area (Å²) in [5, 5.41) is 31.6. The van der Waals surface area contributed by atoms with Crippen LogP contribution in [0.3, 0.4) is 0 Å². The van der Waals surface area contributed by atoms with Gasteiger partial charge in [0.15, 0.2) is 0 Å². The van der Waals surface area contributed by atoms with Gasteiger partial charge in [0.2, 0.25) is 17.7 Å². The third kappa shape index (κ3) is 15.7. The average molecular weight is 433 g/mol. The fourth-order valence-electron chi connectivity index (χ4n) is 2.58. The zero-order valence-electron chi connectivity index (χ0n) is 17.6. The molecule has 0 fully saturated rings. The Morgan fingerprint density at radius 1 is 0.700 bits per heavy atom. The van der Waals surface area contributed by atoms with Gasteiger partial charge in [-0.3, -0.25) is 29.6 Å². The molecule has 0 bridgehead atoms. The van der Waals surface area contributed by atoms with Gasteiger partial charge < -0.3 is 16.2 Å². The van der Waals surface area contributed by atoms with Crippen molar-refractivity contribution in [3.63, 3.8) is 0 Å². The molecule has 0 saturated heterocycles. The van der Waals surface area contributed by atoms with Gasteiger partial charge in [0, 0.05) is 45.3 Å². The molecule has 0 aliphatic carbocycles. The molecule has 11 nitrogen and oxygen atoms in total. The van der Waals surface area contributed by atoms with Gasteiger partial charge in [-0.05, 0) is 45.1 Å². The summed E-state index contributed by atoms with van der Waals surface area (Å²) in [7, 11) is 0. The molecule has 0 aromatic carbocycles. The second kappa shape index (κ2) is 17.6. The molecule has 0 radical (unpaired) electrons. The Kier molecular flexibility index (Phi) is 16.3. The standard InChI is InChI=1S/C19H36N4O7/c20-12-3-1-5-14-23(30)18(26)11-10-16(24)21-13-4-2-6-15-22(29)17(25)8-7-9-19(27)28/h29-30H,1-15,20H2,(H,21,24)(H,27,28). The first-order chi connectivity index (χ1) is 14.3. The fraction of sp³-hybridized carbons (Fsp3) is 0.789. The van der Waals surface area contributed by atoms with Crippen LogP contribution in [0.1, 0.15) is 70.6 Å². The molecule has 0 saturated carbocycles. The lowest BCUT2D eigenvalue weighted by Gasteiger charge is -2.15. The van der Waals surface area contributed by atoms with Crippen LogP contribution in [0.2, 0.25) is 0 Å². The zero-order valence-corrected chi connectivity index (χ0v) is 17.6. The van der Waals surface area contributed by atoms with Gasteiger partial charge in [0.25, 0.3) is 0 Å². The minimum absolute atomic E-state index is 0.00600. The molecule has 0 heterocycles. The summed E-state index contributed by atoms with van der Waals surface area (Å²) in [4.78, 5) is 45.4. The maximum atomic E-state index is 11.7. The number of hydrogen-bond acceptors (Lipinski definition) is 7. The average Bonchev–Trinajstić information content (AvgIpc) is 2.71. The Morgan fingerprint density at radius 3 is 1.83 bits per heavy atom. The van der Waals surface area contributed by atoms with Gasteiger partial charge in [-0.1, -0.05) is 6.42 Å². The molecule has 30 heavy (non-hydrogen) atoms. The lowest BCUT2D eigenvalue weighted by molar-refractivity contribution is -0.166. The minimum atomic E-state index is -0.981. The highest BCUT2D eigenvalue weighted by Crippen LogP contribution is 2.03. The molecule has 0 unspecified atom stereocenters. The van der Waals surface area contributed by atoms with Crippen molar-refractivity contribution >= 4 is 23.7 Å². The number of carboxylic acid groups (broad SMARTS) is 1. The summed E-state index contributed by atoms with van der Waals surface area (Å²) in [6.45, 7) is 1.35. The number of amides is 3. The lowest BCUT2D eigenvalue weighted by atomic mass is 10.2. The molecule has 6 N–H and O–H groups in total. The summed E-state index contributed by atoms with van der Waals surface area (Å²) in [5.41, 5.74) is 5.37. The number of carbonyl (C=O) groups excluding carboxylic acids is 3. The largest absolute Gasteiger partial charge is 0.481 e. The first-order valence-corrected chi connectivity index (χ1v) is 10.4. The van der Waals surface area contributed by atoms with E-state index in [4.69, 9.17) is 10.8 Å². The highest BCUT2D eigenvalue weighted by Gasteiger charge is 2.13. The van der Waals surface area contributed by atoms with Gasteiger partial charge in [-0.15, -0.1) is 0 Å². The van der Waals surface area contributed by atoms with E-state index < -0.39 is 17.8 Å². The van der Waals surface area contributed by atoms with Crippen LogP contribution < -0.4 is 11.1 Å². The number of nitrogens with two attached hydrogens (primary N) is 1. The number of rotatable bonds is 18. The predicted octanol–water partition coefficient (Wildman–Crippen LogP) is 0.873. The highest BCUT2D eigenvalue weighted by molar-refractivity contribution is 5.83. The first-order valence-electron chi connectivity index (χ1n) is 10.4. The van der Waals surface area contributed by atoms with E-state index in [1.807, 2.05) is 0 Å². The number of unbranched alkanes of at least 4 members (excludes halogenated alkanes) is 4. The van der Waals surface area contributed by atoms with E-state index in [2.05, 4.69) is 5.32 Å². The van der Waals surface area contributed by atoms with Crippen LogP contribution in [0.4, 0.5) is 0 Å². The van der Waals surface area contributed by atoms with Crippen LogP contribution in [0.5, 0.6) is 0 Å². The maximum Gasteiger partial charge on any atom is 0.303 e. The Balaban J connectivity index is 3.69. The third-order valence-electron chi connectivity index (χ3n) is 4.37. The van der Waals surface area contributed by atoms with E-state index in [9.17, 15) is 29.6 Å². The number of nitrogens with zero attached hydrogens (tertiary/aromatic N) is 2. The molecule has 0 atom stereocenters. The molecule has 0 aliphatic heterocycles. The summed E-state index contributed by atoms with van der Waals surface area (Å²) < 4.78 is 0. The normalized spacial score (nSPS) is 10.5. The maximum absolute atomic E-state index is 11.7. The van der Waals surface area contributed by atoms with Gasteiger partial charge in [-0.25, -0.2) is 10.1 Å². The lowest BCUT2D eigenvalue weighted by Crippen LogP contribution is -2.31. The molecule has 0 aromatic heterocycles. The summed E-state index contributed by atoms with van der Waals surface area (Å²) in [6.07, 6.45) is 4.16. The van der Waals surface area contributed by atoms with Gasteiger partial charge in [0.1, 0.15) is 0 Å². The van der Waals surface area contributed by atoms with E-state index >= 15 is 0 Å². The smallest absolute Gasteiger partial charge is 0.303 e. The highest BCUT2D eigenvalue weighted by atomic mass is 16.5. The number of carboxylic acids is 1. The molecule has 0 aromatic rings. The monoisotopic (exact) mass is 432 g/mol. The Morgan fingerprint density at radius 2 is 1.27 bits per heavy atom. The number of hydrogen-bond donors (Lipinski definition) is 5. The van der Waals surface area contributed by atoms with Crippen molar-refractivity contribution < 1.29 is 34.7 Å². The van der Waals surface area contributed by atoms with E-state index in [0.717, 1.165) is 12.8 Å².